The first-order valence-electron chi connectivity index (χ1n) is 10.9. The Hall–Kier alpha value is -3.11. The van der Waals surface area contributed by atoms with Gasteiger partial charge in [0, 0.05) is 24.5 Å². The summed E-state index contributed by atoms with van der Waals surface area (Å²) in [6.07, 6.45) is 0.572. The molecule has 1 N–H and O–H groups in total. The summed E-state index contributed by atoms with van der Waals surface area (Å²) in [6, 6.07) is 24.5. The Morgan fingerprint density at radius 2 is 1.62 bits per heavy atom. The summed E-state index contributed by atoms with van der Waals surface area (Å²) in [5.74, 6) is -0.289. The van der Waals surface area contributed by atoms with Gasteiger partial charge in [-0.25, -0.2) is 0 Å². The highest BCUT2D eigenvalue weighted by atomic mass is 35.5. The maximum Gasteiger partial charge on any atom is 0.243 e. The molecule has 0 saturated carbocycles. The van der Waals surface area contributed by atoms with E-state index in [1.165, 1.54) is 0 Å². The monoisotopic (exact) mass is 448 g/mol. The molecule has 3 aromatic carbocycles. The van der Waals surface area contributed by atoms with Crippen LogP contribution >= 0.6 is 11.6 Å². The second-order valence-corrected chi connectivity index (χ2v) is 8.29. The van der Waals surface area contributed by atoms with E-state index in [1.807, 2.05) is 86.6 Å². The number of hydrogen-bond donors (Lipinski definition) is 1. The van der Waals surface area contributed by atoms with Crippen molar-refractivity contribution in [2.24, 2.45) is 0 Å². The molecule has 0 bridgehead atoms. The lowest BCUT2D eigenvalue weighted by atomic mass is 10.0. The molecule has 1 unspecified atom stereocenters. The van der Waals surface area contributed by atoms with Crippen molar-refractivity contribution in [3.63, 3.8) is 0 Å². The number of aryl methyl sites for hydroxylation is 1. The summed E-state index contributed by atoms with van der Waals surface area (Å²) in [4.78, 5) is 28.4. The van der Waals surface area contributed by atoms with Gasteiger partial charge < -0.3 is 10.2 Å². The van der Waals surface area contributed by atoms with Crippen molar-refractivity contribution >= 4 is 23.4 Å². The Balaban J connectivity index is 1.96. The van der Waals surface area contributed by atoms with Crippen molar-refractivity contribution in [2.45, 2.75) is 39.3 Å². The number of nitrogens with one attached hydrogen (secondary N) is 1. The lowest BCUT2D eigenvalue weighted by Crippen LogP contribution is -2.51. The molecular weight excluding hydrogens is 420 g/mol. The molecule has 0 fully saturated rings. The Kier molecular flexibility index (Phi) is 8.46. The van der Waals surface area contributed by atoms with E-state index in [0.29, 0.717) is 24.5 Å². The van der Waals surface area contributed by atoms with Crippen LogP contribution in [0.25, 0.3) is 0 Å². The Bertz CT molecular complexity index is 1050. The Morgan fingerprint density at radius 1 is 0.938 bits per heavy atom. The first-order valence-corrected chi connectivity index (χ1v) is 11.3. The van der Waals surface area contributed by atoms with Gasteiger partial charge in [0.2, 0.25) is 11.8 Å². The van der Waals surface area contributed by atoms with Crippen LogP contribution in [0.3, 0.4) is 0 Å². The molecule has 0 radical (unpaired) electrons. The minimum atomic E-state index is -0.632. The van der Waals surface area contributed by atoms with Crippen LogP contribution < -0.4 is 5.32 Å². The average Bonchev–Trinajstić information content (AvgIpc) is 2.78. The zero-order chi connectivity index (χ0) is 22.9. The molecule has 3 aromatic rings. The Morgan fingerprint density at radius 3 is 2.31 bits per heavy atom. The van der Waals surface area contributed by atoms with Crippen LogP contribution in [-0.2, 0) is 29.0 Å². The third kappa shape index (κ3) is 6.44. The zero-order valence-electron chi connectivity index (χ0n) is 18.6. The number of likely N-dealkylation sites (N-methyl/N-ethyl adjacent to an activating group) is 1. The van der Waals surface area contributed by atoms with Crippen LogP contribution in [0.4, 0.5) is 0 Å². The molecule has 4 nitrogen and oxygen atoms in total. The quantitative estimate of drug-likeness (QED) is 0.502. The van der Waals surface area contributed by atoms with Crippen molar-refractivity contribution in [1.82, 2.24) is 10.2 Å². The first kappa shape index (κ1) is 23.6. The van der Waals surface area contributed by atoms with E-state index in [9.17, 15) is 9.59 Å². The van der Waals surface area contributed by atoms with Crippen LogP contribution in [0.1, 0.15) is 29.2 Å². The molecule has 0 aliphatic heterocycles. The molecule has 5 heteroatoms. The van der Waals surface area contributed by atoms with Gasteiger partial charge in [0.05, 0.1) is 6.42 Å². The number of nitrogens with zero attached hydrogens (tertiary/aromatic N) is 1. The molecule has 0 aromatic heterocycles. The lowest BCUT2D eigenvalue weighted by Gasteiger charge is -2.31. The minimum absolute atomic E-state index is 0.133. The van der Waals surface area contributed by atoms with E-state index in [4.69, 9.17) is 11.6 Å². The molecule has 2 amide bonds. The van der Waals surface area contributed by atoms with Gasteiger partial charge in [-0.3, -0.25) is 9.59 Å². The van der Waals surface area contributed by atoms with E-state index in [-0.39, 0.29) is 18.2 Å². The average molecular weight is 449 g/mol. The maximum atomic E-state index is 13.6. The van der Waals surface area contributed by atoms with Gasteiger partial charge in [0.1, 0.15) is 6.04 Å². The van der Waals surface area contributed by atoms with E-state index in [2.05, 4.69) is 5.32 Å². The largest absolute Gasteiger partial charge is 0.355 e. The van der Waals surface area contributed by atoms with Gasteiger partial charge in [-0.1, -0.05) is 90.0 Å². The highest BCUT2D eigenvalue weighted by Gasteiger charge is 2.30. The molecule has 0 saturated heterocycles. The first-order chi connectivity index (χ1) is 15.5. The molecular formula is C27H29ClN2O2. The van der Waals surface area contributed by atoms with Crippen molar-refractivity contribution in [1.29, 1.82) is 0 Å². The van der Waals surface area contributed by atoms with Crippen molar-refractivity contribution < 1.29 is 9.59 Å². The maximum absolute atomic E-state index is 13.6. The van der Waals surface area contributed by atoms with Crippen molar-refractivity contribution in [3.8, 4) is 0 Å². The number of halogens is 1. The molecule has 0 spiro atoms. The van der Waals surface area contributed by atoms with Crippen molar-refractivity contribution in [2.75, 3.05) is 6.54 Å². The van der Waals surface area contributed by atoms with Gasteiger partial charge in [0.25, 0.3) is 0 Å². The highest BCUT2D eigenvalue weighted by molar-refractivity contribution is 6.31. The summed E-state index contributed by atoms with van der Waals surface area (Å²) in [7, 11) is 0. The van der Waals surface area contributed by atoms with Gasteiger partial charge in [-0.2, -0.15) is 0 Å². The summed E-state index contributed by atoms with van der Waals surface area (Å²) < 4.78 is 0. The smallest absolute Gasteiger partial charge is 0.243 e. The standard InChI is InChI=1S/C27H29ClN2O2/c1-3-29-27(32)25(17-21-11-5-4-6-12-21)30(19-22-13-9-10-20(2)16-22)26(31)18-23-14-7-8-15-24(23)28/h4-16,25H,3,17-19H2,1-2H3,(H,29,32). The summed E-state index contributed by atoms with van der Waals surface area (Å²) in [5.41, 5.74) is 3.85. The second-order valence-electron chi connectivity index (χ2n) is 7.88. The van der Waals surface area contributed by atoms with E-state index < -0.39 is 6.04 Å². The van der Waals surface area contributed by atoms with Gasteiger partial charge in [-0.15, -0.1) is 0 Å². The summed E-state index contributed by atoms with van der Waals surface area (Å²) in [5, 5.41) is 3.46. The molecule has 0 aliphatic carbocycles. The van der Waals surface area contributed by atoms with Gasteiger partial charge in [-0.05, 0) is 36.6 Å². The Labute approximate surface area is 195 Å². The third-order valence-electron chi connectivity index (χ3n) is 5.36. The highest BCUT2D eigenvalue weighted by Crippen LogP contribution is 2.20. The molecule has 3 rings (SSSR count). The van der Waals surface area contributed by atoms with Gasteiger partial charge in [0.15, 0.2) is 0 Å². The van der Waals surface area contributed by atoms with E-state index in [0.717, 1.165) is 22.3 Å². The normalized spacial score (nSPS) is 11.6. The SMILES string of the molecule is CCNC(=O)C(Cc1ccccc1)N(Cc1cccc(C)c1)C(=O)Cc1ccccc1Cl. The van der Waals surface area contributed by atoms with Gasteiger partial charge >= 0.3 is 0 Å². The minimum Gasteiger partial charge on any atom is -0.355 e. The molecule has 166 valence electrons. The van der Waals surface area contributed by atoms with Crippen molar-refractivity contribution in [3.05, 3.63) is 106 Å². The number of carbonyl (C=O) groups is 2. The van der Waals surface area contributed by atoms with E-state index >= 15 is 0 Å². The second kappa shape index (κ2) is 11.5. The molecule has 32 heavy (non-hydrogen) atoms. The summed E-state index contributed by atoms with van der Waals surface area (Å²) in [6.45, 7) is 4.75. The number of hydrogen-bond acceptors (Lipinski definition) is 2. The van der Waals surface area contributed by atoms with Crippen LogP contribution in [0.5, 0.6) is 0 Å². The van der Waals surface area contributed by atoms with Crippen LogP contribution in [0.2, 0.25) is 5.02 Å². The fraction of sp³-hybridized carbons (Fsp3) is 0.259. The number of amides is 2. The molecule has 0 aliphatic rings. The number of carbonyl (C=O) groups excluding carboxylic acids is 2. The fourth-order valence-corrected chi connectivity index (χ4v) is 3.96. The zero-order valence-corrected chi connectivity index (χ0v) is 19.3. The fourth-order valence-electron chi connectivity index (χ4n) is 3.76. The number of rotatable bonds is 9. The topological polar surface area (TPSA) is 49.4 Å². The third-order valence-corrected chi connectivity index (χ3v) is 5.73. The number of benzene rings is 3. The predicted octanol–water partition coefficient (Wildman–Crippen LogP) is 4.97. The van der Waals surface area contributed by atoms with E-state index in [1.54, 1.807) is 11.0 Å². The molecule has 0 heterocycles. The predicted molar refractivity (Wildman–Crippen MR) is 130 cm³/mol. The molecule has 1 atom stereocenters. The van der Waals surface area contributed by atoms with Crippen LogP contribution in [0, 0.1) is 6.92 Å². The van der Waals surface area contributed by atoms with Crippen LogP contribution in [-0.4, -0.2) is 29.3 Å². The van der Waals surface area contributed by atoms with Crippen LogP contribution in [0.15, 0.2) is 78.9 Å². The lowest BCUT2D eigenvalue weighted by molar-refractivity contribution is -0.140. The summed E-state index contributed by atoms with van der Waals surface area (Å²) >= 11 is 6.33.